The van der Waals surface area contributed by atoms with Gasteiger partial charge in [-0.1, -0.05) is 12.1 Å². The lowest BCUT2D eigenvalue weighted by molar-refractivity contribution is 0.0640. The maximum Gasteiger partial charge on any atom is 0.261 e. The van der Waals surface area contributed by atoms with E-state index < -0.39 is 0 Å². The Morgan fingerprint density at radius 2 is 1.68 bits per heavy atom. The van der Waals surface area contributed by atoms with E-state index in [4.69, 9.17) is 4.74 Å². The Morgan fingerprint density at radius 1 is 1.09 bits per heavy atom. The highest BCUT2D eigenvalue weighted by molar-refractivity contribution is 6.21. The van der Waals surface area contributed by atoms with Gasteiger partial charge in [0, 0.05) is 18.0 Å². The minimum absolute atomic E-state index is 0.208. The van der Waals surface area contributed by atoms with Crippen LogP contribution in [0.4, 0.5) is 0 Å². The normalized spacial score (nSPS) is 14.4. The second-order valence-electron chi connectivity index (χ2n) is 6.32. The molecule has 0 unspecified atom stereocenters. The molecule has 2 amide bonds. The minimum atomic E-state index is -0.297. The van der Waals surface area contributed by atoms with Gasteiger partial charge in [-0.2, -0.15) is 0 Å². The van der Waals surface area contributed by atoms with Crippen LogP contribution in [0.3, 0.4) is 0 Å². The van der Waals surface area contributed by atoms with Gasteiger partial charge in [-0.05, 0) is 32.9 Å². The number of fused-ring (bicyclic) bond motifs is 1. The number of aromatic amines is 1. The third kappa shape index (κ3) is 2.62. The smallest absolute Gasteiger partial charge is 0.261 e. The predicted octanol–water partition coefficient (Wildman–Crippen LogP) is 2.99. The van der Waals surface area contributed by atoms with Gasteiger partial charge in [-0.25, -0.2) is 0 Å². The molecule has 114 valence electrons. The van der Waals surface area contributed by atoms with Gasteiger partial charge in [-0.3, -0.25) is 14.5 Å². The third-order valence-electron chi connectivity index (χ3n) is 3.35. The van der Waals surface area contributed by atoms with Crippen LogP contribution in [-0.4, -0.2) is 27.3 Å². The van der Waals surface area contributed by atoms with Crippen LogP contribution in [0, 0.1) is 0 Å². The van der Waals surface area contributed by atoms with Crippen molar-refractivity contribution >= 4 is 11.8 Å². The topological polar surface area (TPSA) is 62.4 Å². The Morgan fingerprint density at radius 3 is 2.23 bits per heavy atom. The molecule has 5 nitrogen and oxygen atoms in total. The molecule has 1 aliphatic rings. The van der Waals surface area contributed by atoms with Crippen molar-refractivity contribution in [3.05, 3.63) is 53.3 Å². The van der Waals surface area contributed by atoms with Gasteiger partial charge in [-0.15, -0.1) is 0 Å². The number of hydrogen-bond acceptors (Lipinski definition) is 3. The summed E-state index contributed by atoms with van der Waals surface area (Å²) in [6.45, 7) is 6.09. The number of nitrogens with one attached hydrogen (secondary N) is 1. The zero-order valence-electron chi connectivity index (χ0n) is 12.8. The summed E-state index contributed by atoms with van der Waals surface area (Å²) in [5.74, 6) is 0.182. The largest absolute Gasteiger partial charge is 0.487 e. The summed E-state index contributed by atoms with van der Waals surface area (Å²) >= 11 is 0. The van der Waals surface area contributed by atoms with E-state index >= 15 is 0 Å². The Balaban J connectivity index is 1.78. The summed E-state index contributed by atoms with van der Waals surface area (Å²) < 4.78 is 5.74. The predicted molar refractivity (Wildman–Crippen MR) is 81.8 cm³/mol. The number of H-pyrrole nitrogens is 1. The number of hydrogen-bond donors (Lipinski definition) is 1. The van der Waals surface area contributed by atoms with Crippen molar-refractivity contribution in [1.29, 1.82) is 0 Å². The number of nitrogens with zero attached hydrogens (tertiary/aromatic N) is 1. The van der Waals surface area contributed by atoms with Gasteiger partial charge in [0.05, 0.1) is 17.7 Å². The number of ether oxygens (including phenoxy) is 1. The average Bonchev–Trinajstić information content (AvgIpc) is 2.97. The highest BCUT2D eigenvalue weighted by atomic mass is 16.5. The molecule has 5 heteroatoms. The van der Waals surface area contributed by atoms with Gasteiger partial charge < -0.3 is 9.72 Å². The van der Waals surface area contributed by atoms with E-state index in [2.05, 4.69) is 4.98 Å². The standard InChI is InChI=1S/C17H18N2O3/c1-17(2,3)22-12-8-11(18-9-12)10-19-15(20)13-6-4-5-7-14(13)16(19)21/h4-9,18H,10H2,1-3H3. The van der Waals surface area contributed by atoms with Crippen molar-refractivity contribution in [3.63, 3.8) is 0 Å². The average molecular weight is 298 g/mol. The molecule has 2 aromatic rings. The molecule has 1 aromatic carbocycles. The summed E-state index contributed by atoms with van der Waals surface area (Å²) in [7, 11) is 0. The van der Waals surface area contributed by atoms with Crippen LogP contribution in [0.1, 0.15) is 47.2 Å². The monoisotopic (exact) mass is 298 g/mol. The molecular formula is C17H18N2O3. The fourth-order valence-electron chi connectivity index (χ4n) is 2.48. The van der Waals surface area contributed by atoms with Crippen molar-refractivity contribution in [2.45, 2.75) is 32.9 Å². The zero-order valence-corrected chi connectivity index (χ0v) is 12.8. The second-order valence-corrected chi connectivity index (χ2v) is 6.32. The first kappa shape index (κ1) is 14.4. The molecule has 0 spiro atoms. The van der Waals surface area contributed by atoms with Crippen molar-refractivity contribution in [3.8, 4) is 5.75 Å². The molecule has 0 fully saturated rings. The van der Waals surface area contributed by atoms with Crippen molar-refractivity contribution < 1.29 is 14.3 Å². The van der Waals surface area contributed by atoms with Crippen LogP contribution in [0.5, 0.6) is 5.75 Å². The number of benzene rings is 1. The Kier molecular flexibility index (Phi) is 3.28. The Hall–Kier alpha value is -2.56. The maximum absolute atomic E-state index is 12.3. The summed E-state index contributed by atoms with van der Waals surface area (Å²) in [6, 6.07) is 8.69. The van der Waals surface area contributed by atoms with E-state index in [1.165, 1.54) is 4.90 Å². The van der Waals surface area contributed by atoms with E-state index in [1.807, 2.05) is 26.8 Å². The van der Waals surface area contributed by atoms with E-state index in [9.17, 15) is 9.59 Å². The first-order valence-electron chi connectivity index (χ1n) is 7.17. The fourth-order valence-corrected chi connectivity index (χ4v) is 2.48. The fraction of sp³-hybridized carbons (Fsp3) is 0.294. The molecule has 22 heavy (non-hydrogen) atoms. The summed E-state index contributed by atoms with van der Waals surface area (Å²) in [6.07, 6.45) is 1.73. The summed E-state index contributed by atoms with van der Waals surface area (Å²) in [5.41, 5.74) is 1.39. The third-order valence-corrected chi connectivity index (χ3v) is 3.35. The van der Waals surface area contributed by atoms with E-state index in [-0.39, 0.29) is 24.0 Å². The highest BCUT2D eigenvalue weighted by Crippen LogP contribution is 2.25. The number of carbonyl (C=O) groups is 2. The number of carbonyl (C=O) groups excluding carboxylic acids is 2. The van der Waals surface area contributed by atoms with Crippen LogP contribution in [-0.2, 0) is 6.54 Å². The van der Waals surface area contributed by atoms with Gasteiger partial charge in [0.15, 0.2) is 0 Å². The molecule has 1 aromatic heterocycles. The molecule has 0 atom stereocenters. The van der Waals surface area contributed by atoms with Crippen molar-refractivity contribution in [2.24, 2.45) is 0 Å². The number of rotatable bonds is 3. The molecule has 1 N–H and O–H groups in total. The highest BCUT2D eigenvalue weighted by Gasteiger charge is 2.35. The Bertz CT molecular complexity index is 705. The summed E-state index contributed by atoms with van der Waals surface area (Å²) in [4.78, 5) is 28.9. The van der Waals surface area contributed by atoms with Crippen LogP contribution in [0.2, 0.25) is 0 Å². The molecule has 3 rings (SSSR count). The molecule has 0 bridgehead atoms. The van der Waals surface area contributed by atoms with E-state index in [0.29, 0.717) is 16.9 Å². The molecule has 0 aliphatic carbocycles. The molecule has 0 saturated carbocycles. The van der Waals surface area contributed by atoms with Gasteiger partial charge in [0.2, 0.25) is 0 Å². The number of imide groups is 1. The molecule has 0 saturated heterocycles. The second kappa shape index (κ2) is 5.02. The van der Waals surface area contributed by atoms with Crippen LogP contribution >= 0.6 is 0 Å². The van der Waals surface area contributed by atoms with Crippen molar-refractivity contribution in [2.75, 3.05) is 0 Å². The number of aromatic nitrogens is 1. The van der Waals surface area contributed by atoms with Crippen LogP contribution < -0.4 is 4.74 Å². The van der Waals surface area contributed by atoms with Crippen molar-refractivity contribution in [1.82, 2.24) is 9.88 Å². The van der Waals surface area contributed by atoms with E-state index in [1.54, 1.807) is 30.5 Å². The molecule has 0 radical (unpaired) electrons. The lowest BCUT2D eigenvalue weighted by atomic mass is 10.1. The first-order chi connectivity index (χ1) is 10.3. The quantitative estimate of drug-likeness (QED) is 0.886. The maximum atomic E-state index is 12.3. The zero-order chi connectivity index (χ0) is 15.9. The first-order valence-corrected chi connectivity index (χ1v) is 7.17. The van der Waals surface area contributed by atoms with Gasteiger partial charge in [0.1, 0.15) is 11.4 Å². The van der Waals surface area contributed by atoms with Gasteiger partial charge in [0.25, 0.3) is 11.8 Å². The number of amides is 2. The minimum Gasteiger partial charge on any atom is -0.487 e. The molecular weight excluding hydrogens is 280 g/mol. The molecule has 1 aliphatic heterocycles. The van der Waals surface area contributed by atoms with Gasteiger partial charge >= 0.3 is 0 Å². The van der Waals surface area contributed by atoms with Crippen LogP contribution in [0.25, 0.3) is 0 Å². The van der Waals surface area contributed by atoms with Crippen LogP contribution in [0.15, 0.2) is 36.5 Å². The molecule has 2 heterocycles. The SMILES string of the molecule is CC(C)(C)Oc1c[nH]c(CN2C(=O)c3ccccc3C2=O)c1. The lowest BCUT2D eigenvalue weighted by Crippen LogP contribution is -2.29. The van der Waals surface area contributed by atoms with E-state index in [0.717, 1.165) is 5.69 Å². The Labute approximate surface area is 128 Å². The lowest BCUT2D eigenvalue weighted by Gasteiger charge is -2.19. The summed E-state index contributed by atoms with van der Waals surface area (Å²) in [5, 5.41) is 0.